The number of hydrogen-bond donors (Lipinski definition) is 2. The van der Waals surface area contributed by atoms with Crippen LogP contribution in [0.5, 0.6) is 0 Å². The molecule has 0 bridgehead atoms. The van der Waals surface area contributed by atoms with Crippen LogP contribution in [-0.2, 0) is 16.6 Å². The summed E-state index contributed by atoms with van der Waals surface area (Å²) in [7, 11) is -3.67. The molecule has 8 heteroatoms. The van der Waals surface area contributed by atoms with Gasteiger partial charge in [0, 0.05) is 16.4 Å². The largest absolute Gasteiger partial charge is 0.394 e. The second kappa shape index (κ2) is 5.94. The molecule has 1 heterocycles. The Morgan fingerprint density at radius 2 is 2.20 bits per heavy atom. The van der Waals surface area contributed by atoms with Crippen LogP contribution in [-0.4, -0.2) is 29.9 Å². The Hall–Kier alpha value is -1.38. The van der Waals surface area contributed by atoms with Gasteiger partial charge in [-0.2, -0.15) is 5.10 Å². The Morgan fingerprint density at radius 1 is 1.45 bits per heavy atom. The lowest BCUT2D eigenvalue weighted by Crippen LogP contribution is -2.12. The molecule has 6 nitrogen and oxygen atoms in total. The summed E-state index contributed by atoms with van der Waals surface area (Å²) in [5, 5.41) is 12.7. The average molecular weight is 360 g/mol. The van der Waals surface area contributed by atoms with Crippen molar-refractivity contribution >= 4 is 31.6 Å². The van der Waals surface area contributed by atoms with E-state index in [2.05, 4.69) is 25.8 Å². The van der Waals surface area contributed by atoms with Gasteiger partial charge in [-0.05, 0) is 30.7 Å². The van der Waals surface area contributed by atoms with Crippen molar-refractivity contribution in [3.63, 3.8) is 0 Å². The van der Waals surface area contributed by atoms with Crippen LogP contribution in [0.4, 0.5) is 5.69 Å². The van der Waals surface area contributed by atoms with E-state index in [1.807, 2.05) is 6.92 Å². The lowest BCUT2D eigenvalue weighted by Gasteiger charge is -2.07. The molecule has 108 valence electrons. The number of sulfonamides is 1. The van der Waals surface area contributed by atoms with Crippen molar-refractivity contribution in [1.29, 1.82) is 0 Å². The van der Waals surface area contributed by atoms with Gasteiger partial charge >= 0.3 is 0 Å². The van der Waals surface area contributed by atoms with Crippen LogP contribution in [0.1, 0.15) is 5.56 Å². The quantitative estimate of drug-likeness (QED) is 0.851. The zero-order valence-corrected chi connectivity index (χ0v) is 13.1. The standard InChI is InChI=1S/C12H14BrN3O3S/c1-9-6-10(2-3-12(9)13)15-20(18,19)11-7-14-16(8-11)4-5-17/h2-3,6-8,15,17H,4-5H2,1H3. The predicted octanol–water partition coefficient (Wildman–Crippen LogP) is 1.75. The molecule has 2 aromatic rings. The molecule has 0 saturated heterocycles. The summed E-state index contributed by atoms with van der Waals surface area (Å²) in [6.07, 6.45) is 2.63. The third kappa shape index (κ3) is 3.38. The normalized spacial score (nSPS) is 11.6. The van der Waals surface area contributed by atoms with Crippen molar-refractivity contribution in [3.8, 4) is 0 Å². The zero-order chi connectivity index (χ0) is 14.8. The molecule has 2 rings (SSSR count). The van der Waals surface area contributed by atoms with Gasteiger partial charge in [0.05, 0.1) is 19.3 Å². The maximum Gasteiger partial charge on any atom is 0.265 e. The van der Waals surface area contributed by atoms with E-state index in [0.717, 1.165) is 10.0 Å². The molecule has 0 amide bonds. The van der Waals surface area contributed by atoms with Crippen LogP contribution in [0, 0.1) is 6.92 Å². The molecule has 0 spiro atoms. The van der Waals surface area contributed by atoms with E-state index < -0.39 is 10.0 Å². The number of halogens is 1. The van der Waals surface area contributed by atoms with Crippen molar-refractivity contribution in [2.75, 3.05) is 11.3 Å². The van der Waals surface area contributed by atoms with E-state index in [0.29, 0.717) is 5.69 Å². The summed E-state index contributed by atoms with van der Waals surface area (Å²) in [5.74, 6) is 0. The number of nitrogens with one attached hydrogen (secondary N) is 1. The number of benzene rings is 1. The number of aliphatic hydroxyl groups excluding tert-OH is 1. The van der Waals surface area contributed by atoms with Gasteiger partial charge in [-0.25, -0.2) is 8.42 Å². The number of hydrogen-bond acceptors (Lipinski definition) is 4. The van der Waals surface area contributed by atoms with Gasteiger partial charge in [-0.1, -0.05) is 15.9 Å². The Labute approximate surface area is 125 Å². The van der Waals surface area contributed by atoms with Crippen molar-refractivity contribution < 1.29 is 13.5 Å². The number of aliphatic hydroxyl groups is 1. The topological polar surface area (TPSA) is 84.2 Å². The molecular weight excluding hydrogens is 346 g/mol. The Morgan fingerprint density at radius 3 is 2.85 bits per heavy atom. The minimum absolute atomic E-state index is 0.0616. The highest BCUT2D eigenvalue weighted by Gasteiger charge is 2.16. The second-order valence-electron chi connectivity index (χ2n) is 4.23. The van der Waals surface area contributed by atoms with Crippen LogP contribution < -0.4 is 4.72 Å². The predicted molar refractivity (Wildman–Crippen MR) is 79.0 cm³/mol. The van der Waals surface area contributed by atoms with E-state index >= 15 is 0 Å². The third-order valence-corrected chi connectivity index (χ3v) is 4.88. The van der Waals surface area contributed by atoms with Crippen molar-refractivity contribution in [3.05, 3.63) is 40.6 Å². The highest BCUT2D eigenvalue weighted by atomic mass is 79.9. The first-order valence-electron chi connectivity index (χ1n) is 5.84. The van der Waals surface area contributed by atoms with Crippen molar-refractivity contribution in [2.45, 2.75) is 18.4 Å². The van der Waals surface area contributed by atoms with Crippen molar-refractivity contribution in [2.24, 2.45) is 0 Å². The second-order valence-corrected chi connectivity index (χ2v) is 6.77. The maximum absolute atomic E-state index is 12.2. The molecule has 0 radical (unpaired) electrons. The number of anilines is 1. The smallest absolute Gasteiger partial charge is 0.265 e. The van der Waals surface area contributed by atoms with Crippen molar-refractivity contribution in [1.82, 2.24) is 9.78 Å². The fourth-order valence-electron chi connectivity index (χ4n) is 1.63. The minimum atomic E-state index is -3.67. The van der Waals surface area contributed by atoms with Crippen LogP contribution in [0.25, 0.3) is 0 Å². The highest BCUT2D eigenvalue weighted by molar-refractivity contribution is 9.10. The highest BCUT2D eigenvalue weighted by Crippen LogP contribution is 2.22. The molecule has 0 atom stereocenters. The zero-order valence-electron chi connectivity index (χ0n) is 10.7. The van der Waals surface area contributed by atoms with Crippen LogP contribution in [0.3, 0.4) is 0 Å². The molecule has 20 heavy (non-hydrogen) atoms. The summed E-state index contributed by atoms with van der Waals surface area (Å²) in [4.78, 5) is 0.0616. The monoisotopic (exact) mass is 359 g/mol. The van der Waals surface area contributed by atoms with E-state index in [9.17, 15) is 8.42 Å². The molecule has 0 fully saturated rings. The Kier molecular flexibility index (Phi) is 4.46. The summed E-state index contributed by atoms with van der Waals surface area (Å²) < 4.78 is 29.1. The lowest BCUT2D eigenvalue weighted by molar-refractivity contribution is 0.269. The van der Waals surface area contributed by atoms with Gasteiger partial charge < -0.3 is 5.11 Å². The lowest BCUT2D eigenvalue weighted by atomic mass is 10.2. The van der Waals surface area contributed by atoms with Gasteiger partial charge in [0.15, 0.2) is 0 Å². The first-order chi connectivity index (χ1) is 9.42. The van der Waals surface area contributed by atoms with Gasteiger partial charge in [0.25, 0.3) is 10.0 Å². The van der Waals surface area contributed by atoms with Crippen LogP contribution >= 0.6 is 15.9 Å². The molecule has 0 aliphatic heterocycles. The first kappa shape index (κ1) is 15.0. The third-order valence-electron chi connectivity index (χ3n) is 2.66. The van der Waals surface area contributed by atoms with Gasteiger partial charge in [-0.3, -0.25) is 9.40 Å². The average Bonchev–Trinajstić information content (AvgIpc) is 2.83. The molecule has 0 aliphatic rings. The minimum Gasteiger partial charge on any atom is -0.394 e. The number of rotatable bonds is 5. The molecule has 0 saturated carbocycles. The fourth-order valence-corrected chi connectivity index (χ4v) is 2.88. The van der Waals surface area contributed by atoms with Crippen LogP contribution in [0.15, 0.2) is 40.0 Å². The Balaban J connectivity index is 2.23. The van der Waals surface area contributed by atoms with Gasteiger partial charge in [-0.15, -0.1) is 0 Å². The molecule has 0 unspecified atom stereocenters. The first-order valence-corrected chi connectivity index (χ1v) is 8.12. The maximum atomic E-state index is 12.2. The van der Waals surface area contributed by atoms with E-state index in [1.54, 1.807) is 18.2 Å². The van der Waals surface area contributed by atoms with Crippen LogP contribution in [0.2, 0.25) is 0 Å². The summed E-state index contributed by atoms with van der Waals surface area (Å²) in [6, 6.07) is 5.19. The summed E-state index contributed by atoms with van der Waals surface area (Å²) in [6.45, 7) is 2.04. The molecule has 2 N–H and O–H groups in total. The molecule has 1 aromatic carbocycles. The van der Waals surface area contributed by atoms with Gasteiger partial charge in [0.2, 0.25) is 0 Å². The summed E-state index contributed by atoms with van der Waals surface area (Å²) in [5.41, 5.74) is 1.42. The number of aryl methyl sites for hydroxylation is 1. The van der Waals surface area contributed by atoms with E-state index in [4.69, 9.17) is 5.11 Å². The molecular formula is C12H14BrN3O3S. The fraction of sp³-hybridized carbons (Fsp3) is 0.250. The molecule has 1 aromatic heterocycles. The SMILES string of the molecule is Cc1cc(NS(=O)(=O)c2cnn(CCO)c2)ccc1Br. The number of aromatic nitrogens is 2. The Bertz CT molecular complexity index is 712. The molecule has 0 aliphatic carbocycles. The number of nitrogens with zero attached hydrogens (tertiary/aromatic N) is 2. The van der Waals surface area contributed by atoms with Gasteiger partial charge in [0.1, 0.15) is 4.90 Å². The summed E-state index contributed by atoms with van der Waals surface area (Å²) >= 11 is 3.36. The van der Waals surface area contributed by atoms with E-state index in [1.165, 1.54) is 17.1 Å². The van der Waals surface area contributed by atoms with E-state index in [-0.39, 0.29) is 18.0 Å².